The average molecular weight is 326 g/mol. The molecule has 1 aromatic rings. The highest BCUT2D eigenvalue weighted by Gasteiger charge is 2.46. The topological polar surface area (TPSA) is 36.9 Å². The first-order chi connectivity index (χ1) is 10.2. The summed E-state index contributed by atoms with van der Waals surface area (Å²) >= 11 is 12.6. The van der Waals surface area contributed by atoms with Gasteiger partial charge < -0.3 is 10.2 Å². The molecule has 0 radical (unpaired) electrons. The van der Waals surface area contributed by atoms with Crippen LogP contribution in [0.25, 0.3) is 0 Å². The Hall–Kier alpha value is -0.970. The van der Waals surface area contributed by atoms with Crippen LogP contribution in [0.2, 0.25) is 10.0 Å². The second-order valence-electron chi connectivity index (χ2n) is 5.92. The number of fused-ring (bicyclic) bond motifs is 2. The molecular formula is C15H17Cl2N3O. The van der Waals surface area contributed by atoms with Gasteiger partial charge in [-0.15, -0.1) is 0 Å². The molecule has 3 fully saturated rings. The van der Waals surface area contributed by atoms with Crippen LogP contribution >= 0.6 is 23.2 Å². The third-order valence-electron chi connectivity index (χ3n) is 4.88. The molecule has 112 valence electrons. The lowest BCUT2D eigenvalue weighted by atomic mass is 9.78. The van der Waals surface area contributed by atoms with Crippen molar-refractivity contribution in [2.24, 2.45) is 11.0 Å². The zero-order valence-electron chi connectivity index (χ0n) is 11.8. The van der Waals surface area contributed by atoms with Gasteiger partial charge in [0, 0.05) is 5.92 Å². The highest BCUT2D eigenvalue weighted by Crippen LogP contribution is 2.42. The number of nitrogens with zero attached hydrogens (tertiary/aromatic N) is 2. The Morgan fingerprint density at radius 1 is 1.24 bits per heavy atom. The van der Waals surface area contributed by atoms with Gasteiger partial charge in [0.2, 0.25) is 0 Å². The van der Waals surface area contributed by atoms with Crippen molar-refractivity contribution in [1.82, 2.24) is 10.3 Å². The molecule has 0 spiro atoms. The molecule has 4 aliphatic rings. The summed E-state index contributed by atoms with van der Waals surface area (Å²) in [5.74, 6) is 1.17. The van der Waals surface area contributed by atoms with Crippen LogP contribution in [0.15, 0.2) is 17.2 Å². The van der Waals surface area contributed by atoms with Gasteiger partial charge in [0.25, 0.3) is 0 Å². The van der Waals surface area contributed by atoms with Crippen molar-refractivity contribution in [3.05, 3.63) is 27.7 Å². The number of hydrogen-bond donors (Lipinski definition) is 1. The fraction of sp³-hybridized carbons (Fsp3) is 0.533. The molecule has 2 unspecified atom stereocenters. The van der Waals surface area contributed by atoms with Crippen molar-refractivity contribution < 1.29 is 4.74 Å². The van der Waals surface area contributed by atoms with Crippen LogP contribution in [0.3, 0.4) is 0 Å². The van der Waals surface area contributed by atoms with Gasteiger partial charge in [0.15, 0.2) is 5.75 Å². The van der Waals surface area contributed by atoms with Crippen molar-refractivity contribution in [3.8, 4) is 5.75 Å². The van der Waals surface area contributed by atoms with E-state index in [9.17, 15) is 0 Å². The molecule has 21 heavy (non-hydrogen) atoms. The third kappa shape index (κ3) is 2.04. The van der Waals surface area contributed by atoms with Crippen molar-refractivity contribution >= 4 is 28.9 Å². The monoisotopic (exact) mass is 325 g/mol. The van der Waals surface area contributed by atoms with Gasteiger partial charge in [-0.1, -0.05) is 23.2 Å². The molecular weight excluding hydrogens is 309 g/mol. The van der Waals surface area contributed by atoms with E-state index in [1.807, 2.05) is 12.1 Å². The number of ether oxygens (including phenoxy) is 1. The molecule has 4 nitrogen and oxygen atoms in total. The zero-order valence-corrected chi connectivity index (χ0v) is 13.3. The largest absolute Gasteiger partial charge is 0.494 e. The van der Waals surface area contributed by atoms with Gasteiger partial charge in [0.05, 0.1) is 35.0 Å². The molecule has 3 saturated heterocycles. The van der Waals surface area contributed by atoms with Crippen LogP contribution in [0, 0.1) is 5.92 Å². The normalized spacial score (nSPS) is 33.4. The zero-order chi connectivity index (χ0) is 14.6. The van der Waals surface area contributed by atoms with Crippen molar-refractivity contribution in [3.63, 3.8) is 0 Å². The standard InChI is InChI=1S/C15H17Cl2N3O/c1-21-15-10(16)6-9(7-11(15)17)13-14-12(18-19-13)8-2-4-20(14)5-3-8/h6-8,13-14,19H,2-5H2,1H3. The summed E-state index contributed by atoms with van der Waals surface area (Å²) in [6.07, 6.45) is 2.46. The van der Waals surface area contributed by atoms with Crippen LogP contribution in [0.1, 0.15) is 24.4 Å². The Kier molecular flexibility index (Phi) is 3.28. The molecule has 6 heteroatoms. The minimum Gasteiger partial charge on any atom is -0.494 e. The fourth-order valence-electron chi connectivity index (χ4n) is 3.87. The van der Waals surface area contributed by atoms with Crippen LogP contribution in [-0.4, -0.2) is 36.9 Å². The highest BCUT2D eigenvalue weighted by molar-refractivity contribution is 6.37. The number of halogens is 2. The summed E-state index contributed by atoms with van der Waals surface area (Å²) in [4.78, 5) is 2.52. The molecule has 0 saturated carbocycles. The molecule has 1 aromatic carbocycles. The molecule has 2 bridgehead atoms. The van der Waals surface area contributed by atoms with E-state index >= 15 is 0 Å². The molecule has 4 aliphatic heterocycles. The number of benzene rings is 1. The van der Waals surface area contributed by atoms with Crippen LogP contribution in [0.4, 0.5) is 0 Å². The van der Waals surface area contributed by atoms with E-state index in [1.165, 1.54) is 18.6 Å². The molecule has 4 heterocycles. The summed E-state index contributed by atoms with van der Waals surface area (Å²) in [6.45, 7) is 2.31. The average Bonchev–Trinajstić information content (AvgIpc) is 2.95. The minimum atomic E-state index is 0.129. The van der Waals surface area contributed by atoms with Gasteiger partial charge >= 0.3 is 0 Å². The maximum Gasteiger partial charge on any atom is 0.156 e. The van der Waals surface area contributed by atoms with Crippen molar-refractivity contribution in [2.75, 3.05) is 20.2 Å². The lowest BCUT2D eigenvalue weighted by Crippen LogP contribution is -2.56. The van der Waals surface area contributed by atoms with Crippen LogP contribution in [-0.2, 0) is 0 Å². The van der Waals surface area contributed by atoms with Gasteiger partial charge in [0.1, 0.15) is 0 Å². The second-order valence-corrected chi connectivity index (χ2v) is 6.73. The summed E-state index contributed by atoms with van der Waals surface area (Å²) in [5.41, 5.74) is 5.67. The first-order valence-corrected chi connectivity index (χ1v) is 8.04. The summed E-state index contributed by atoms with van der Waals surface area (Å²) in [7, 11) is 1.58. The number of rotatable bonds is 2. The Bertz CT molecular complexity index is 588. The first kappa shape index (κ1) is 13.7. The van der Waals surface area contributed by atoms with Crippen LogP contribution < -0.4 is 10.2 Å². The van der Waals surface area contributed by atoms with Gasteiger partial charge in [-0.3, -0.25) is 4.90 Å². The Labute approximate surface area is 134 Å². The van der Waals surface area contributed by atoms with E-state index in [0.29, 0.717) is 27.8 Å². The third-order valence-corrected chi connectivity index (χ3v) is 5.44. The molecule has 0 aromatic heterocycles. The van der Waals surface area contributed by atoms with E-state index in [0.717, 1.165) is 18.7 Å². The van der Waals surface area contributed by atoms with Gasteiger partial charge in [-0.25, -0.2) is 0 Å². The van der Waals surface area contributed by atoms with Crippen LogP contribution in [0.5, 0.6) is 5.75 Å². The smallest absolute Gasteiger partial charge is 0.156 e. The Morgan fingerprint density at radius 2 is 1.90 bits per heavy atom. The number of piperidine rings is 3. The van der Waals surface area contributed by atoms with Crippen molar-refractivity contribution in [2.45, 2.75) is 24.9 Å². The molecule has 5 rings (SSSR count). The summed E-state index contributed by atoms with van der Waals surface area (Å²) in [5, 5.41) is 5.70. The van der Waals surface area contributed by atoms with Crippen molar-refractivity contribution in [1.29, 1.82) is 0 Å². The number of hydrogen-bond acceptors (Lipinski definition) is 4. The molecule has 0 amide bonds. The predicted octanol–water partition coefficient (Wildman–Crippen LogP) is 3.10. The molecule has 0 aliphatic carbocycles. The maximum atomic E-state index is 6.28. The van der Waals surface area contributed by atoms with Gasteiger partial charge in [-0.2, -0.15) is 5.10 Å². The quantitative estimate of drug-likeness (QED) is 0.907. The number of nitrogens with one attached hydrogen (secondary N) is 1. The minimum absolute atomic E-state index is 0.129. The van der Waals surface area contributed by atoms with E-state index in [2.05, 4.69) is 15.4 Å². The number of methoxy groups -OCH3 is 1. The fourth-order valence-corrected chi connectivity index (χ4v) is 4.52. The Balaban J connectivity index is 1.69. The summed E-state index contributed by atoms with van der Waals surface area (Å²) < 4.78 is 5.23. The van der Waals surface area contributed by atoms with E-state index < -0.39 is 0 Å². The predicted molar refractivity (Wildman–Crippen MR) is 84.4 cm³/mol. The molecule has 1 N–H and O–H groups in total. The Morgan fingerprint density at radius 3 is 2.52 bits per heavy atom. The SMILES string of the molecule is COc1c(Cl)cc(C2NN=C3C4CCN(CC4)C32)cc1Cl. The van der Waals surface area contributed by atoms with E-state index in [-0.39, 0.29) is 6.04 Å². The first-order valence-electron chi connectivity index (χ1n) is 7.29. The van der Waals surface area contributed by atoms with E-state index in [1.54, 1.807) is 7.11 Å². The maximum absolute atomic E-state index is 6.28. The highest BCUT2D eigenvalue weighted by atomic mass is 35.5. The molecule has 2 atom stereocenters. The van der Waals surface area contributed by atoms with E-state index in [4.69, 9.17) is 27.9 Å². The summed E-state index contributed by atoms with van der Waals surface area (Å²) in [6, 6.07) is 4.35. The second kappa shape index (κ2) is 5.04. The lowest BCUT2D eigenvalue weighted by molar-refractivity contribution is 0.133. The number of hydrazone groups is 1. The van der Waals surface area contributed by atoms with Gasteiger partial charge in [-0.05, 0) is 43.6 Å². The lowest BCUT2D eigenvalue weighted by Gasteiger charge is -2.45.